The largest absolute Gasteiger partial charge is 0.457 e. The zero-order valence-electron chi connectivity index (χ0n) is 15.4. The summed E-state index contributed by atoms with van der Waals surface area (Å²) in [5, 5.41) is 4.67. The van der Waals surface area contributed by atoms with Gasteiger partial charge < -0.3 is 9.73 Å². The molecule has 4 aromatic rings. The van der Waals surface area contributed by atoms with Gasteiger partial charge in [-0.05, 0) is 60.0 Å². The van der Waals surface area contributed by atoms with E-state index in [0.717, 1.165) is 11.3 Å². The molecule has 4 nitrogen and oxygen atoms in total. The molecule has 0 radical (unpaired) electrons. The first-order valence-corrected chi connectivity index (χ1v) is 9.89. The van der Waals surface area contributed by atoms with Crippen LogP contribution in [0.2, 0.25) is 0 Å². The molecule has 4 rings (SSSR count). The summed E-state index contributed by atoms with van der Waals surface area (Å²) in [5.74, 6) is 1.06. The second-order valence-electron chi connectivity index (χ2n) is 6.27. The highest BCUT2D eigenvalue weighted by Crippen LogP contribution is 2.22. The van der Waals surface area contributed by atoms with Crippen molar-refractivity contribution in [2.45, 2.75) is 0 Å². The number of hydrogen-bond donors (Lipinski definition) is 1. The number of amides is 1. The van der Waals surface area contributed by atoms with Crippen LogP contribution in [0.15, 0.2) is 94.7 Å². The third-order valence-electron chi connectivity index (χ3n) is 4.26. The lowest BCUT2D eigenvalue weighted by molar-refractivity contribution is 0.102. The minimum Gasteiger partial charge on any atom is -0.457 e. The van der Waals surface area contributed by atoms with E-state index in [1.165, 1.54) is 17.4 Å². The standard InChI is InChI=1S/C24H17NO3S/c26-21(14-12-20-13-15-22(28-20)18-5-2-1-3-6-18)17-8-10-19(11-9-17)25-24(27)23-7-4-16-29-23/h1-16H,(H,25,27)/b14-12+. The topological polar surface area (TPSA) is 59.3 Å². The molecule has 2 aromatic carbocycles. The first kappa shape index (κ1) is 18.7. The number of carbonyl (C=O) groups is 2. The SMILES string of the molecule is O=C(/C=C/c1ccc(-c2ccccc2)o1)c1ccc(NC(=O)c2cccs2)cc1. The second kappa shape index (κ2) is 8.54. The molecule has 142 valence electrons. The number of rotatable bonds is 6. The lowest BCUT2D eigenvalue weighted by atomic mass is 10.1. The number of furan rings is 1. The zero-order valence-corrected chi connectivity index (χ0v) is 16.2. The van der Waals surface area contributed by atoms with Gasteiger partial charge in [0.2, 0.25) is 0 Å². The van der Waals surface area contributed by atoms with E-state index < -0.39 is 0 Å². The molecule has 29 heavy (non-hydrogen) atoms. The Kier molecular flexibility index (Phi) is 5.49. The quantitative estimate of drug-likeness (QED) is 0.312. The van der Waals surface area contributed by atoms with Gasteiger partial charge >= 0.3 is 0 Å². The molecule has 0 aliphatic rings. The van der Waals surface area contributed by atoms with Gasteiger partial charge in [-0.2, -0.15) is 0 Å². The van der Waals surface area contributed by atoms with Crippen LogP contribution in [0.3, 0.4) is 0 Å². The van der Waals surface area contributed by atoms with Crippen LogP contribution in [0.4, 0.5) is 5.69 Å². The minimum absolute atomic E-state index is 0.140. The first-order valence-electron chi connectivity index (χ1n) is 9.02. The maximum atomic E-state index is 12.4. The van der Waals surface area contributed by atoms with Gasteiger partial charge in [0.25, 0.3) is 5.91 Å². The molecule has 1 amide bonds. The highest BCUT2D eigenvalue weighted by molar-refractivity contribution is 7.12. The monoisotopic (exact) mass is 399 g/mol. The molecular weight excluding hydrogens is 382 g/mol. The van der Waals surface area contributed by atoms with Crippen LogP contribution >= 0.6 is 11.3 Å². The van der Waals surface area contributed by atoms with Gasteiger partial charge in [-0.3, -0.25) is 9.59 Å². The average molecular weight is 399 g/mol. The van der Waals surface area contributed by atoms with Crippen molar-refractivity contribution >= 4 is 34.8 Å². The Balaban J connectivity index is 1.39. The third-order valence-corrected chi connectivity index (χ3v) is 5.12. The van der Waals surface area contributed by atoms with Gasteiger partial charge in [-0.1, -0.05) is 36.4 Å². The van der Waals surface area contributed by atoms with E-state index >= 15 is 0 Å². The predicted molar refractivity (Wildman–Crippen MR) is 116 cm³/mol. The van der Waals surface area contributed by atoms with Crippen molar-refractivity contribution in [2.75, 3.05) is 5.32 Å². The first-order chi connectivity index (χ1) is 14.2. The molecule has 0 bridgehead atoms. The zero-order chi connectivity index (χ0) is 20.1. The normalized spacial score (nSPS) is 10.9. The summed E-state index contributed by atoms with van der Waals surface area (Å²) in [6.07, 6.45) is 3.13. The fraction of sp³-hybridized carbons (Fsp3) is 0. The van der Waals surface area contributed by atoms with E-state index in [2.05, 4.69) is 5.32 Å². The van der Waals surface area contributed by atoms with Crippen molar-refractivity contribution in [3.63, 3.8) is 0 Å². The van der Waals surface area contributed by atoms with Crippen molar-refractivity contribution in [2.24, 2.45) is 0 Å². The minimum atomic E-state index is -0.161. The molecule has 0 aliphatic carbocycles. The van der Waals surface area contributed by atoms with Crippen molar-refractivity contribution < 1.29 is 14.0 Å². The van der Waals surface area contributed by atoms with Crippen LogP contribution in [0.5, 0.6) is 0 Å². The molecule has 5 heteroatoms. The average Bonchev–Trinajstić information content (AvgIpc) is 3.45. The predicted octanol–water partition coefficient (Wildman–Crippen LogP) is 6.16. The van der Waals surface area contributed by atoms with Crippen molar-refractivity contribution in [1.29, 1.82) is 0 Å². The maximum Gasteiger partial charge on any atom is 0.265 e. The van der Waals surface area contributed by atoms with Gasteiger partial charge in [0.1, 0.15) is 11.5 Å². The van der Waals surface area contributed by atoms with Crippen LogP contribution in [-0.2, 0) is 0 Å². The molecule has 0 saturated carbocycles. The summed E-state index contributed by atoms with van der Waals surface area (Å²) in [6, 6.07) is 23.9. The summed E-state index contributed by atoms with van der Waals surface area (Å²) in [7, 11) is 0. The Morgan fingerprint density at radius 3 is 2.38 bits per heavy atom. The van der Waals surface area contributed by atoms with Gasteiger partial charge in [-0.15, -0.1) is 11.3 Å². The fourth-order valence-corrected chi connectivity index (χ4v) is 3.39. The van der Waals surface area contributed by atoms with E-state index in [1.54, 1.807) is 36.4 Å². The number of ketones is 1. The number of hydrogen-bond acceptors (Lipinski definition) is 4. The number of carbonyl (C=O) groups excluding carboxylic acids is 2. The van der Waals surface area contributed by atoms with Crippen molar-refractivity contribution in [3.05, 3.63) is 107 Å². The third kappa shape index (κ3) is 4.59. The van der Waals surface area contributed by atoms with E-state index in [4.69, 9.17) is 4.42 Å². The summed E-state index contributed by atoms with van der Waals surface area (Å²) in [4.78, 5) is 25.1. The van der Waals surface area contributed by atoms with Gasteiger partial charge in [0.15, 0.2) is 5.78 Å². The van der Waals surface area contributed by atoms with E-state index in [9.17, 15) is 9.59 Å². The van der Waals surface area contributed by atoms with Crippen molar-refractivity contribution in [1.82, 2.24) is 0 Å². The number of benzene rings is 2. The summed E-state index contributed by atoms with van der Waals surface area (Å²) >= 11 is 1.38. The number of anilines is 1. The maximum absolute atomic E-state index is 12.4. The Morgan fingerprint density at radius 2 is 1.66 bits per heavy atom. The second-order valence-corrected chi connectivity index (χ2v) is 7.22. The van der Waals surface area contributed by atoms with Crippen LogP contribution in [0.25, 0.3) is 17.4 Å². The summed E-state index contributed by atoms with van der Waals surface area (Å²) in [5.41, 5.74) is 2.16. The molecule has 0 fully saturated rings. The highest BCUT2D eigenvalue weighted by Gasteiger charge is 2.08. The van der Waals surface area contributed by atoms with E-state index in [1.807, 2.05) is 53.9 Å². The Bertz CT molecular complexity index is 1140. The number of thiophene rings is 1. The molecule has 0 aliphatic heterocycles. The molecule has 0 saturated heterocycles. The number of nitrogens with one attached hydrogen (secondary N) is 1. The molecular formula is C24H17NO3S. The van der Waals surface area contributed by atoms with Gasteiger partial charge in [0, 0.05) is 16.8 Å². The molecule has 0 atom stereocenters. The number of allylic oxidation sites excluding steroid dienone is 1. The van der Waals surface area contributed by atoms with Crippen LogP contribution in [0.1, 0.15) is 25.8 Å². The smallest absolute Gasteiger partial charge is 0.265 e. The molecule has 2 heterocycles. The Morgan fingerprint density at radius 1 is 0.862 bits per heavy atom. The van der Waals surface area contributed by atoms with E-state index in [-0.39, 0.29) is 11.7 Å². The van der Waals surface area contributed by atoms with Gasteiger partial charge in [-0.25, -0.2) is 0 Å². The van der Waals surface area contributed by atoms with Crippen LogP contribution in [-0.4, -0.2) is 11.7 Å². The molecule has 0 spiro atoms. The van der Waals surface area contributed by atoms with Gasteiger partial charge in [0.05, 0.1) is 4.88 Å². The molecule has 1 N–H and O–H groups in total. The molecule has 2 aromatic heterocycles. The van der Waals surface area contributed by atoms with Crippen LogP contribution < -0.4 is 5.32 Å². The van der Waals surface area contributed by atoms with Crippen molar-refractivity contribution in [3.8, 4) is 11.3 Å². The highest BCUT2D eigenvalue weighted by atomic mass is 32.1. The Labute approximate surface area is 172 Å². The lowest BCUT2D eigenvalue weighted by Gasteiger charge is -2.04. The van der Waals surface area contributed by atoms with Crippen LogP contribution in [0, 0.1) is 0 Å². The fourth-order valence-electron chi connectivity index (χ4n) is 2.77. The molecule has 0 unspecified atom stereocenters. The van der Waals surface area contributed by atoms with E-state index in [0.29, 0.717) is 21.9 Å². The lowest BCUT2D eigenvalue weighted by Crippen LogP contribution is -2.10. The Hall–Kier alpha value is -3.70. The summed E-state index contributed by atoms with van der Waals surface area (Å²) in [6.45, 7) is 0. The summed E-state index contributed by atoms with van der Waals surface area (Å²) < 4.78 is 5.77.